The number of methoxy groups -OCH3 is 1. The van der Waals surface area contributed by atoms with Crippen molar-refractivity contribution >= 4 is 22.5 Å². The molecule has 1 fully saturated rings. The first-order valence-electron chi connectivity index (χ1n) is 9.77. The highest BCUT2D eigenvalue weighted by Gasteiger charge is 2.26. The molecule has 0 unspecified atom stereocenters. The second kappa shape index (κ2) is 7.72. The Morgan fingerprint density at radius 2 is 1.89 bits per heavy atom. The fourth-order valence-corrected chi connectivity index (χ4v) is 3.93. The van der Waals surface area contributed by atoms with E-state index in [0.29, 0.717) is 5.82 Å². The summed E-state index contributed by atoms with van der Waals surface area (Å²) in [4.78, 5) is 21.4. The summed E-state index contributed by atoms with van der Waals surface area (Å²) in [5, 5.41) is 5.09. The summed E-state index contributed by atoms with van der Waals surface area (Å²) in [5.74, 6) is 1.66. The standard InChI is InChI=1S/C22H26N4O2/c1-14-23-13-20(26(14)2)16-4-5-17-12-24-21(11-18(17)10-16)25-22(27)15-6-8-19(28-3)9-7-15/h4-5,10-13,15,19H,6-9H2,1-3H3,(H,24,25,27). The minimum Gasteiger partial charge on any atom is -0.381 e. The summed E-state index contributed by atoms with van der Waals surface area (Å²) in [6.07, 6.45) is 7.59. The van der Waals surface area contributed by atoms with Gasteiger partial charge in [0, 0.05) is 37.2 Å². The molecule has 0 bridgehead atoms. The number of amides is 1. The third kappa shape index (κ3) is 3.64. The van der Waals surface area contributed by atoms with Crippen molar-refractivity contribution in [2.24, 2.45) is 13.0 Å². The highest BCUT2D eigenvalue weighted by atomic mass is 16.5. The lowest BCUT2D eigenvalue weighted by Crippen LogP contribution is -2.29. The van der Waals surface area contributed by atoms with Gasteiger partial charge >= 0.3 is 0 Å². The van der Waals surface area contributed by atoms with E-state index in [1.165, 1.54) is 0 Å². The normalized spacial score (nSPS) is 19.7. The Balaban J connectivity index is 1.54. The van der Waals surface area contributed by atoms with Gasteiger partial charge < -0.3 is 14.6 Å². The molecule has 1 aromatic carbocycles. The number of ether oxygens (including phenoxy) is 1. The highest BCUT2D eigenvalue weighted by Crippen LogP contribution is 2.28. The first-order chi connectivity index (χ1) is 13.5. The lowest BCUT2D eigenvalue weighted by molar-refractivity contribution is -0.121. The molecule has 28 heavy (non-hydrogen) atoms. The Morgan fingerprint density at radius 1 is 1.11 bits per heavy atom. The van der Waals surface area contributed by atoms with Gasteiger partial charge in [0.25, 0.3) is 0 Å². The average Bonchev–Trinajstić information content (AvgIpc) is 3.06. The number of carbonyl (C=O) groups excluding carboxylic acids is 1. The van der Waals surface area contributed by atoms with E-state index in [4.69, 9.17) is 4.74 Å². The maximum atomic E-state index is 12.6. The van der Waals surface area contributed by atoms with E-state index in [1.54, 1.807) is 7.11 Å². The maximum absolute atomic E-state index is 12.6. The molecular weight excluding hydrogens is 352 g/mol. The molecule has 1 N–H and O–H groups in total. The Hall–Kier alpha value is -2.73. The van der Waals surface area contributed by atoms with Crippen LogP contribution in [0.2, 0.25) is 0 Å². The van der Waals surface area contributed by atoms with Crippen LogP contribution in [-0.2, 0) is 16.6 Å². The summed E-state index contributed by atoms with van der Waals surface area (Å²) in [5.41, 5.74) is 2.16. The van der Waals surface area contributed by atoms with Crippen LogP contribution in [0.3, 0.4) is 0 Å². The van der Waals surface area contributed by atoms with Crippen molar-refractivity contribution in [3.63, 3.8) is 0 Å². The molecule has 1 aliphatic rings. The molecule has 3 aromatic rings. The van der Waals surface area contributed by atoms with Gasteiger partial charge in [0.1, 0.15) is 11.6 Å². The Bertz CT molecular complexity index is 1000. The molecule has 0 aliphatic heterocycles. The molecule has 2 aromatic heterocycles. The number of nitrogens with one attached hydrogen (secondary N) is 1. The van der Waals surface area contributed by atoms with Crippen LogP contribution in [-0.4, -0.2) is 33.7 Å². The van der Waals surface area contributed by atoms with E-state index in [0.717, 1.165) is 53.5 Å². The summed E-state index contributed by atoms with van der Waals surface area (Å²) < 4.78 is 7.46. The molecule has 1 amide bonds. The summed E-state index contributed by atoms with van der Waals surface area (Å²) in [6, 6.07) is 8.19. The highest BCUT2D eigenvalue weighted by molar-refractivity contribution is 5.95. The van der Waals surface area contributed by atoms with Crippen LogP contribution in [0.1, 0.15) is 31.5 Å². The zero-order valence-corrected chi connectivity index (χ0v) is 16.6. The van der Waals surface area contributed by atoms with Crippen molar-refractivity contribution < 1.29 is 9.53 Å². The van der Waals surface area contributed by atoms with Crippen LogP contribution in [0.25, 0.3) is 22.0 Å². The fourth-order valence-electron chi connectivity index (χ4n) is 3.93. The summed E-state index contributed by atoms with van der Waals surface area (Å²) >= 11 is 0. The van der Waals surface area contributed by atoms with Gasteiger partial charge in [0.15, 0.2) is 0 Å². The summed E-state index contributed by atoms with van der Waals surface area (Å²) in [7, 11) is 3.75. The van der Waals surface area contributed by atoms with Crippen molar-refractivity contribution in [2.75, 3.05) is 12.4 Å². The Morgan fingerprint density at radius 3 is 2.57 bits per heavy atom. The molecule has 0 radical (unpaired) electrons. The van der Waals surface area contributed by atoms with Gasteiger partial charge in [-0.1, -0.05) is 12.1 Å². The number of anilines is 1. The predicted octanol–water partition coefficient (Wildman–Crippen LogP) is 4.09. The van der Waals surface area contributed by atoms with E-state index < -0.39 is 0 Å². The van der Waals surface area contributed by atoms with Crippen LogP contribution in [0.15, 0.2) is 36.7 Å². The zero-order chi connectivity index (χ0) is 19.7. The molecule has 6 heteroatoms. The third-order valence-electron chi connectivity index (χ3n) is 5.87. The minimum absolute atomic E-state index is 0.0349. The molecule has 1 saturated carbocycles. The van der Waals surface area contributed by atoms with Crippen LogP contribution >= 0.6 is 0 Å². The molecule has 146 valence electrons. The second-order valence-corrected chi connectivity index (χ2v) is 7.58. The van der Waals surface area contributed by atoms with Crippen molar-refractivity contribution in [3.8, 4) is 11.3 Å². The van der Waals surface area contributed by atoms with E-state index in [-0.39, 0.29) is 17.9 Å². The number of rotatable bonds is 4. The predicted molar refractivity (Wildman–Crippen MR) is 110 cm³/mol. The second-order valence-electron chi connectivity index (χ2n) is 7.58. The monoisotopic (exact) mass is 378 g/mol. The molecule has 4 rings (SSSR count). The van der Waals surface area contributed by atoms with E-state index in [2.05, 4.69) is 38.1 Å². The lowest BCUT2D eigenvalue weighted by atomic mass is 9.87. The molecular formula is C22H26N4O2. The lowest BCUT2D eigenvalue weighted by Gasteiger charge is -2.26. The van der Waals surface area contributed by atoms with Crippen molar-refractivity contribution in [1.82, 2.24) is 14.5 Å². The number of aryl methyl sites for hydroxylation is 1. The van der Waals surface area contributed by atoms with Crippen molar-refractivity contribution in [1.29, 1.82) is 0 Å². The van der Waals surface area contributed by atoms with E-state index in [1.807, 2.05) is 32.4 Å². The number of imidazole rings is 1. The molecule has 0 saturated heterocycles. The number of aromatic nitrogens is 3. The van der Waals surface area contributed by atoms with Crippen LogP contribution < -0.4 is 5.32 Å². The largest absolute Gasteiger partial charge is 0.381 e. The maximum Gasteiger partial charge on any atom is 0.228 e. The van der Waals surface area contributed by atoms with Gasteiger partial charge in [0.2, 0.25) is 5.91 Å². The van der Waals surface area contributed by atoms with Crippen LogP contribution in [0, 0.1) is 12.8 Å². The summed E-state index contributed by atoms with van der Waals surface area (Å²) in [6.45, 7) is 1.99. The Labute approximate surface area is 164 Å². The molecule has 2 heterocycles. The van der Waals surface area contributed by atoms with E-state index >= 15 is 0 Å². The van der Waals surface area contributed by atoms with E-state index in [9.17, 15) is 4.79 Å². The average molecular weight is 378 g/mol. The third-order valence-corrected chi connectivity index (χ3v) is 5.87. The van der Waals surface area contributed by atoms with Gasteiger partial charge in [-0.15, -0.1) is 0 Å². The van der Waals surface area contributed by atoms with Gasteiger partial charge in [-0.3, -0.25) is 4.79 Å². The molecule has 6 nitrogen and oxygen atoms in total. The number of nitrogens with zero attached hydrogens (tertiary/aromatic N) is 3. The topological polar surface area (TPSA) is 69.0 Å². The number of pyridine rings is 1. The van der Waals surface area contributed by atoms with Crippen molar-refractivity contribution in [2.45, 2.75) is 38.7 Å². The molecule has 0 atom stereocenters. The van der Waals surface area contributed by atoms with Gasteiger partial charge in [-0.05, 0) is 50.1 Å². The number of benzene rings is 1. The number of hydrogen-bond donors (Lipinski definition) is 1. The van der Waals surface area contributed by atoms with Gasteiger partial charge in [0.05, 0.1) is 18.0 Å². The molecule has 0 spiro atoms. The molecule has 1 aliphatic carbocycles. The Kier molecular flexibility index (Phi) is 5.13. The fraction of sp³-hybridized carbons (Fsp3) is 0.409. The van der Waals surface area contributed by atoms with Crippen LogP contribution in [0.5, 0.6) is 0 Å². The number of hydrogen-bond acceptors (Lipinski definition) is 4. The van der Waals surface area contributed by atoms with Crippen molar-refractivity contribution in [3.05, 3.63) is 42.5 Å². The van der Waals surface area contributed by atoms with Gasteiger partial charge in [-0.25, -0.2) is 9.97 Å². The van der Waals surface area contributed by atoms with Gasteiger partial charge in [-0.2, -0.15) is 0 Å². The first-order valence-corrected chi connectivity index (χ1v) is 9.77. The number of fused-ring (bicyclic) bond motifs is 1. The quantitative estimate of drug-likeness (QED) is 0.742. The van der Waals surface area contributed by atoms with Crippen LogP contribution in [0.4, 0.5) is 5.82 Å². The first kappa shape index (κ1) is 18.6. The smallest absolute Gasteiger partial charge is 0.228 e. The zero-order valence-electron chi connectivity index (χ0n) is 16.6. The SMILES string of the molecule is COC1CCC(C(=O)Nc2cc3cc(-c4cnc(C)n4C)ccc3cn2)CC1. The minimum atomic E-state index is 0.0349. The number of carbonyl (C=O) groups is 1.